The molecule has 482 valence electrons. The maximum absolute atomic E-state index is 6.07. The third kappa shape index (κ3) is 6.87. The minimum absolute atomic E-state index is 0.0204. The minimum Gasteiger partial charge on any atom is -0.256 e. The number of aromatic nitrogens is 1. The molecule has 0 amide bonds. The van der Waals surface area contributed by atoms with Gasteiger partial charge in [-0.25, -0.2) is 0 Å². The molecule has 1 aromatic heterocycles. The van der Waals surface area contributed by atoms with E-state index in [9.17, 15) is 0 Å². The molecule has 12 bridgehead atoms. The molecular formula is C97H89N. The molecule has 10 aromatic carbocycles. The Morgan fingerprint density at radius 3 is 1.55 bits per heavy atom. The van der Waals surface area contributed by atoms with Crippen LogP contribution in [0.25, 0.3) is 98.9 Å². The number of rotatable bonds is 7. The Labute approximate surface area is 578 Å². The van der Waals surface area contributed by atoms with Crippen molar-refractivity contribution in [2.45, 2.75) is 195 Å². The van der Waals surface area contributed by atoms with Crippen molar-refractivity contribution >= 4 is 43.1 Å². The summed E-state index contributed by atoms with van der Waals surface area (Å²) in [6.07, 6.45) is 33.4. The fourth-order valence-electron chi connectivity index (χ4n) is 28.5. The molecule has 12 atom stereocenters. The van der Waals surface area contributed by atoms with Crippen LogP contribution in [0.1, 0.15) is 232 Å². The lowest BCUT2D eigenvalue weighted by Gasteiger charge is -2.65. The Hall–Kier alpha value is -7.61. The van der Waals surface area contributed by atoms with Gasteiger partial charge in [-0.3, -0.25) is 4.98 Å². The molecule has 11 fully saturated rings. The lowest BCUT2D eigenvalue weighted by atomic mass is 9.39. The monoisotopic (exact) mass is 1270 g/mol. The van der Waals surface area contributed by atoms with Crippen LogP contribution < -0.4 is 0 Å². The molecule has 0 N–H and O–H groups in total. The van der Waals surface area contributed by atoms with Crippen molar-refractivity contribution in [2.75, 3.05) is 0 Å². The third-order valence-electron chi connectivity index (χ3n) is 32.7. The first kappa shape index (κ1) is 55.2. The topological polar surface area (TPSA) is 12.9 Å². The normalized spacial score (nSPS) is 34.4. The Morgan fingerprint density at radius 1 is 0.418 bits per heavy atom. The number of fused-ring (bicyclic) bond motifs is 26. The SMILES string of the molecule is CC1(c2ccc(-c3c4cc5cc6c(cc5cc4c(-c4ccccc4)c4c(-c5ccccc5)c5cc7c(cc5c(-c5ccccc5)c34)C3CCC7C3)C3CCC6C3)cc2)C2Cc3c(cnc4c3C(C3CC5CC(C5)C3)(C3CCC5CC3C5)c3c-4ccc4c3CC35CCCCC3C4C5)C1C2. The summed E-state index contributed by atoms with van der Waals surface area (Å²) in [5.41, 5.74) is 33.5. The molecule has 0 saturated heterocycles. The van der Waals surface area contributed by atoms with Crippen LogP contribution in [0, 0.1) is 52.8 Å². The first-order chi connectivity index (χ1) is 48.3. The molecule has 1 nitrogen and oxygen atoms in total. The average Bonchev–Trinajstić information content (AvgIpc) is 1.45. The van der Waals surface area contributed by atoms with Crippen LogP contribution in [0.5, 0.6) is 0 Å². The number of pyridine rings is 1. The fraction of sp³-hybridized carbons (Fsp3) is 0.412. The van der Waals surface area contributed by atoms with Crippen molar-refractivity contribution in [1.29, 1.82) is 0 Å². The lowest BCUT2D eigenvalue weighted by Crippen LogP contribution is -2.58. The Kier molecular flexibility index (Phi) is 10.9. The highest BCUT2D eigenvalue weighted by Gasteiger charge is 2.67. The molecule has 17 aliphatic rings. The van der Waals surface area contributed by atoms with Gasteiger partial charge in [0.05, 0.1) is 5.69 Å². The molecule has 11 aromatic rings. The zero-order chi connectivity index (χ0) is 63.4. The average molecular weight is 1270 g/mol. The van der Waals surface area contributed by atoms with Gasteiger partial charge in [-0.2, -0.15) is 0 Å². The second kappa shape index (κ2) is 19.3. The summed E-state index contributed by atoms with van der Waals surface area (Å²) in [4.78, 5) is 6.07. The van der Waals surface area contributed by atoms with Crippen molar-refractivity contribution < 1.29 is 0 Å². The highest BCUT2D eigenvalue weighted by molar-refractivity contribution is 6.35. The summed E-state index contributed by atoms with van der Waals surface area (Å²) in [6.45, 7) is 2.72. The summed E-state index contributed by atoms with van der Waals surface area (Å²) in [5, 5.41) is 11.2. The van der Waals surface area contributed by atoms with Crippen LogP contribution in [0.4, 0.5) is 0 Å². The van der Waals surface area contributed by atoms with E-state index in [1.54, 1.807) is 38.9 Å². The molecule has 12 unspecified atom stereocenters. The smallest absolute Gasteiger partial charge is 0.0749 e. The lowest BCUT2D eigenvalue weighted by molar-refractivity contribution is -0.0575. The van der Waals surface area contributed by atoms with E-state index in [0.29, 0.717) is 40.9 Å². The van der Waals surface area contributed by atoms with Gasteiger partial charge in [-0.15, -0.1) is 0 Å². The Morgan fingerprint density at radius 2 is 0.980 bits per heavy atom. The number of hydrogen-bond acceptors (Lipinski definition) is 1. The van der Waals surface area contributed by atoms with Crippen LogP contribution >= 0.6 is 0 Å². The highest BCUT2D eigenvalue weighted by atomic mass is 14.8. The van der Waals surface area contributed by atoms with E-state index in [-0.39, 0.29) is 10.8 Å². The maximum Gasteiger partial charge on any atom is 0.0749 e. The van der Waals surface area contributed by atoms with Crippen molar-refractivity contribution in [2.24, 2.45) is 52.8 Å². The minimum atomic E-state index is 0.0204. The molecule has 1 heterocycles. The largest absolute Gasteiger partial charge is 0.256 e. The summed E-state index contributed by atoms with van der Waals surface area (Å²) in [6, 6.07) is 67.2. The van der Waals surface area contributed by atoms with Gasteiger partial charge in [0.15, 0.2) is 0 Å². The van der Waals surface area contributed by atoms with Gasteiger partial charge in [-0.05, 0) is 383 Å². The van der Waals surface area contributed by atoms with Crippen molar-refractivity contribution in [3.05, 3.63) is 231 Å². The van der Waals surface area contributed by atoms with E-state index >= 15 is 0 Å². The van der Waals surface area contributed by atoms with Gasteiger partial charge < -0.3 is 0 Å². The van der Waals surface area contributed by atoms with Crippen LogP contribution in [-0.4, -0.2) is 4.98 Å². The van der Waals surface area contributed by atoms with Gasteiger partial charge in [0.25, 0.3) is 0 Å². The van der Waals surface area contributed by atoms with Gasteiger partial charge in [0.1, 0.15) is 0 Å². The first-order valence-electron chi connectivity index (χ1n) is 39.8. The molecule has 0 radical (unpaired) electrons. The van der Waals surface area contributed by atoms with Crippen molar-refractivity contribution in [3.63, 3.8) is 0 Å². The summed E-state index contributed by atoms with van der Waals surface area (Å²) < 4.78 is 0. The molecule has 1 spiro atoms. The van der Waals surface area contributed by atoms with Crippen LogP contribution in [0.2, 0.25) is 0 Å². The van der Waals surface area contributed by atoms with E-state index in [2.05, 4.69) is 177 Å². The highest BCUT2D eigenvalue weighted by Crippen LogP contribution is 2.76. The van der Waals surface area contributed by atoms with Gasteiger partial charge in [-0.1, -0.05) is 166 Å². The van der Waals surface area contributed by atoms with E-state index in [1.807, 2.05) is 22.3 Å². The molecule has 11 saturated carbocycles. The van der Waals surface area contributed by atoms with Crippen molar-refractivity contribution in [1.82, 2.24) is 4.98 Å². The van der Waals surface area contributed by atoms with Crippen LogP contribution in [0.3, 0.4) is 0 Å². The standard InChI is InChI=1S/C97H89N/c1-95(67-45-79-82(85(95)46-67)51-98-94-70-30-29-69-80-49-96(32-12-11-19-84(80)96)50-81(69)92(70)97(93(79)94,68-37-53-33-54(34-53)38-68)83-31-20-52-35-65(83)36-52)66-27-25-58(26-28-66)89-76-44-64-42-72-60-22-21-59(39-60)71(72)41-63(64)43-75(76)86(55-13-5-2-6-14-55)90-87(56-15-7-3-8-16-56)77-47-73-61-23-24-62(40-61)74(73)48-78(77)88(91(89)90)57-17-9-4-10-18-57/h2-10,13-18,25-30,41-44,47-48,51-54,59-62,65,67-68,80,83-85H,11-12,19-24,31-40,45-46,49-50H2,1H3. The molecule has 1 heteroatoms. The van der Waals surface area contributed by atoms with E-state index < -0.39 is 0 Å². The van der Waals surface area contributed by atoms with Crippen molar-refractivity contribution in [3.8, 4) is 55.8 Å². The Bertz CT molecular complexity index is 5340. The van der Waals surface area contributed by atoms with Crippen LogP contribution in [0.15, 0.2) is 170 Å². The van der Waals surface area contributed by atoms with E-state index in [4.69, 9.17) is 4.98 Å². The second-order valence-electron chi connectivity index (χ2n) is 36.3. The molecule has 98 heavy (non-hydrogen) atoms. The number of hydrogen-bond donors (Lipinski definition) is 0. The summed E-state index contributed by atoms with van der Waals surface area (Å²) in [5.74, 6) is 10.7. The molecule has 0 aliphatic heterocycles. The zero-order valence-electron chi connectivity index (χ0n) is 57.3. The van der Waals surface area contributed by atoms with Gasteiger partial charge >= 0.3 is 0 Å². The number of nitrogens with zero attached hydrogens (tertiary/aromatic N) is 1. The number of benzene rings is 10. The molecule has 17 aliphatic carbocycles. The maximum atomic E-state index is 6.07. The van der Waals surface area contributed by atoms with E-state index in [0.717, 1.165) is 47.3 Å². The predicted molar refractivity (Wildman–Crippen MR) is 403 cm³/mol. The molecule has 28 rings (SSSR count). The van der Waals surface area contributed by atoms with Crippen LogP contribution in [-0.2, 0) is 23.7 Å². The van der Waals surface area contributed by atoms with E-state index in [1.165, 1.54) is 240 Å². The molecular weight excluding hydrogens is 1180 g/mol. The first-order valence-corrected chi connectivity index (χ1v) is 39.8. The third-order valence-corrected chi connectivity index (χ3v) is 32.7. The van der Waals surface area contributed by atoms with Gasteiger partial charge in [0, 0.05) is 22.6 Å². The fourth-order valence-corrected chi connectivity index (χ4v) is 28.5. The second-order valence-corrected chi connectivity index (χ2v) is 36.3. The quantitative estimate of drug-likeness (QED) is 0.145. The summed E-state index contributed by atoms with van der Waals surface area (Å²) in [7, 11) is 0. The Balaban J connectivity index is 0.714. The predicted octanol–water partition coefficient (Wildman–Crippen LogP) is 25.1. The summed E-state index contributed by atoms with van der Waals surface area (Å²) >= 11 is 0. The van der Waals surface area contributed by atoms with Gasteiger partial charge in [0.2, 0.25) is 0 Å². The zero-order valence-corrected chi connectivity index (χ0v) is 57.3.